The van der Waals surface area contributed by atoms with E-state index < -0.39 is 15.8 Å². The van der Waals surface area contributed by atoms with Crippen LogP contribution in [0, 0.1) is 5.82 Å². The van der Waals surface area contributed by atoms with Gasteiger partial charge in [-0.05, 0) is 43.8 Å². The summed E-state index contributed by atoms with van der Waals surface area (Å²) in [6.07, 6.45) is 2.14. The first-order valence-electron chi connectivity index (χ1n) is 7.81. The maximum atomic E-state index is 14.0. The average molecular weight is 362 g/mol. The van der Waals surface area contributed by atoms with E-state index in [1.54, 1.807) is 24.4 Å². The van der Waals surface area contributed by atoms with Gasteiger partial charge in [0.05, 0.1) is 17.5 Å². The molecule has 3 rings (SSSR count). The van der Waals surface area contributed by atoms with Gasteiger partial charge < -0.3 is 10.1 Å². The molecule has 25 heavy (non-hydrogen) atoms. The summed E-state index contributed by atoms with van der Waals surface area (Å²) in [6, 6.07) is 10.6. The van der Waals surface area contributed by atoms with Crippen molar-refractivity contribution in [3.63, 3.8) is 0 Å². The number of benzene rings is 2. The van der Waals surface area contributed by atoms with Gasteiger partial charge in [-0.15, -0.1) is 0 Å². The van der Waals surface area contributed by atoms with Crippen LogP contribution < -0.4 is 10.1 Å². The Kier molecular flexibility index (Phi) is 4.78. The quantitative estimate of drug-likeness (QED) is 0.733. The number of ether oxygens (including phenoxy) is 1. The highest BCUT2D eigenvalue weighted by atomic mass is 32.2. The fourth-order valence-corrected chi connectivity index (χ4v) is 4.25. The second-order valence-corrected chi connectivity index (χ2v) is 7.44. The topological polar surface area (TPSA) is 60.3 Å². The van der Waals surface area contributed by atoms with E-state index in [1.807, 2.05) is 7.05 Å². The molecule has 1 N–H and O–H groups in total. The number of fused-ring (bicyclic) bond motifs is 1. The Labute approximate surface area is 146 Å². The van der Waals surface area contributed by atoms with E-state index in [0.717, 1.165) is 9.54 Å². The van der Waals surface area contributed by atoms with Crippen LogP contribution in [0.1, 0.15) is 5.56 Å². The molecule has 0 radical (unpaired) electrons. The van der Waals surface area contributed by atoms with Crippen molar-refractivity contribution in [1.82, 2.24) is 9.29 Å². The van der Waals surface area contributed by atoms with Crippen molar-refractivity contribution in [3.8, 4) is 5.75 Å². The molecule has 0 unspecified atom stereocenters. The smallest absolute Gasteiger partial charge is 0.268 e. The van der Waals surface area contributed by atoms with Crippen LogP contribution in [0.2, 0.25) is 0 Å². The minimum atomic E-state index is -3.84. The van der Waals surface area contributed by atoms with Gasteiger partial charge in [0.15, 0.2) is 0 Å². The molecule has 0 atom stereocenters. The van der Waals surface area contributed by atoms with Crippen molar-refractivity contribution in [3.05, 3.63) is 60.0 Å². The Morgan fingerprint density at radius 3 is 2.56 bits per heavy atom. The predicted octanol–water partition coefficient (Wildman–Crippen LogP) is 2.79. The molecule has 0 saturated heterocycles. The lowest BCUT2D eigenvalue weighted by atomic mass is 10.1. The second kappa shape index (κ2) is 6.85. The molecular weight excluding hydrogens is 343 g/mol. The Morgan fingerprint density at radius 2 is 1.92 bits per heavy atom. The van der Waals surface area contributed by atoms with Crippen molar-refractivity contribution in [2.45, 2.75) is 11.3 Å². The first-order chi connectivity index (χ1) is 12.0. The number of hydrogen-bond acceptors (Lipinski definition) is 4. The summed E-state index contributed by atoms with van der Waals surface area (Å²) in [7, 11) is -0.578. The van der Waals surface area contributed by atoms with E-state index in [0.29, 0.717) is 24.1 Å². The third-order valence-corrected chi connectivity index (χ3v) is 5.73. The van der Waals surface area contributed by atoms with E-state index in [-0.39, 0.29) is 10.4 Å². The molecule has 7 heteroatoms. The molecule has 0 spiro atoms. The second-order valence-electron chi connectivity index (χ2n) is 5.62. The first kappa shape index (κ1) is 17.4. The van der Waals surface area contributed by atoms with Gasteiger partial charge in [-0.1, -0.05) is 18.2 Å². The molecule has 0 aliphatic carbocycles. The fraction of sp³-hybridized carbons (Fsp3) is 0.222. The fourth-order valence-electron chi connectivity index (χ4n) is 2.86. The van der Waals surface area contributed by atoms with Crippen molar-refractivity contribution in [2.24, 2.45) is 0 Å². The summed E-state index contributed by atoms with van der Waals surface area (Å²) in [6.45, 7) is 0.658. The summed E-state index contributed by atoms with van der Waals surface area (Å²) in [5.41, 5.74) is 1.05. The van der Waals surface area contributed by atoms with Crippen molar-refractivity contribution in [2.75, 3.05) is 20.7 Å². The molecule has 0 aliphatic heterocycles. The first-order valence-corrected chi connectivity index (χ1v) is 9.25. The summed E-state index contributed by atoms with van der Waals surface area (Å²) in [5.74, 6) is -0.227. The highest BCUT2D eigenvalue weighted by Gasteiger charge is 2.23. The van der Waals surface area contributed by atoms with Crippen LogP contribution in [0.15, 0.2) is 53.6 Å². The van der Waals surface area contributed by atoms with Gasteiger partial charge in [-0.2, -0.15) is 0 Å². The number of hydrogen-bond donors (Lipinski definition) is 1. The number of nitrogens with one attached hydrogen (secondary N) is 1. The van der Waals surface area contributed by atoms with E-state index in [4.69, 9.17) is 4.74 Å². The van der Waals surface area contributed by atoms with Gasteiger partial charge in [0.25, 0.3) is 10.0 Å². The summed E-state index contributed by atoms with van der Waals surface area (Å²) in [5, 5.41) is 3.65. The zero-order valence-electron chi connectivity index (χ0n) is 14.0. The number of methoxy groups -OCH3 is 1. The standard InChI is InChI=1S/C18H19FN2O3S/c1-20-9-8-13-12-21(25(22,23)15-6-4-3-5-7-15)16-10-14(19)11-17(24-2)18(13)16/h3-7,10-12,20H,8-9H2,1-2H3. The lowest BCUT2D eigenvalue weighted by Crippen LogP contribution is -2.12. The van der Waals surface area contributed by atoms with Crippen LogP contribution in [-0.2, 0) is 16.4 Å². The Bertz CT molecular complexity index is 998. The monoisotopic (exact) mass is 362 g/mol. The number of likely N-dealkylation sites (N-methyl/N-ethyl adjacent to an activating group) is 1. The molecule has 1 heterocycles. The Morgan fingerprint density at radius 1 is 1.20 bits per heavy atom. The largest absolute Gasteiger partial charge is 0.496 e. The van der Waals surface area contributed by atoms with Gasteiger partial charge in [-0.25, -0.2) is 16.8 Å². The maximum absolute atomic E-state index is 14.0. The average Bonchev–Trinajstić information content (AvgIpc) is 2.99. The summed E-state index contributed by atoms with van der Waals surface area (Å²) < 4.78 is 46.5. The summed E-state index contributed by atoms with van der Waals surface area (Å²) in [4.78, 5) is 0.148. The van der Waals surface area contributed by atoms with Crippen LogP contribution in [-0.4, -0.2) is 33.1 Å². The minimum Gasteiger partial charge on any atom is -0.496 e. The van der Waals surface area contributed by atoms with Crippen LogP contribution in [0.25, 0.3) is 10.9 Å². The zero-order chi connectivity index (χ0) is 18.0. The van der Waals surface area contributed by atoms with Gasteiger partial charge >= 0.3 is 0 Å². The molecule has 5 nitrogen and oxygen atoms in total. The van der Waals surface area contributed by atoms with Crippen molar-refractivity contribution >= 4 is 20.9 Å². The number of aromatic nitrogens is 1. The van der Waals surface area contributed by atoms with Gasteiger partial charge in [-0.3, -0.25) is 0 Å². The highest BCUT2D eigenvalue weighted by molar-refractivity contribution is 7.90. The number of nitrogens with zero attached hydrogens (tertiary/aromatic N) is 1. The molecule has 1 aromatic heterocycles. The molecule has 0 bridgehead atoms. The Hall–Kier alpha value is -2.38. The van der Waals surface area contributed by atoms with Gasteiger partial charge in [0.2, 0.25) is 0 Å². The van der Waals surface area contributed by atoms with E-state index >= 15 is 0 Å². The molecule has 132 valence electrons. The molecular formula is C18H19FN2O3S. The third-order valence-electron chi connectivity index (χ3n) is 4.04. The van der Waals surface area contributed by atoms with E-state index in [9.17, 15) is 12.8 Å². The maximum Gasteiger partial charge on any atom is 0.268 e. The number of halogens is 1. The van der Waals surface area contributed by atoms with Crippen LogP contribution in [0.5, 0.6) is 5.75 Å². The Balaban J connectivity index is 2.30. The lowest BCUT2D eigenvalue weighted by molar-refractivity contribution is 0.416. The normalized spacial score (nSPS) is 11.8. The molecule has 2 aromatic carbocycles. The predicted molar refractivity (Wildman–Crippen MR) is 95.1 cm³/mol. The van der Waals surface area contributed by atoms with E-state index in [1.165, 1.54) is 31.4 Å². The highest BCUT2D eigenvalue weighted by Crippen LogP contribution is 2.34. The molecule has 0 fully saturated rings. The lowest BCUT2D eigenvalue weighted by Gasteiger charge is -2.08. The molecule has 3 aromatic rings. The molecule has 0 amide bonds. The number of rotatable bonds is 6. The third kappa shape index (κ3) is 3.12. The molecule has 0 saturated carbocycles. The van der Waals surface area contributed by atoms with Crippen LogP contribution in [0.3, 0.4) is 0 Å². The van der Waals surface area contributed by atoms with Gasteiger partial charge in [0.1, 0.15) is 11.6 Å². The van der Waals surface area contributed by atoms with Crippen molar-refractivity contribution in [1.29, 1.82) is 0 Å². The SMILES string of the molecule is CNCCc1cn(S(=O)(=O)c2ccccc2)c2cc(F)cc(OC)c12. The molecule has 0 aliphatic rings. The van der Waals surface area contributed by atoms with Gasteiger partial charge in [0, 0.05) is 17.6 Å². The zero-order valence-corrected chi connectivity index (χ0v) is 14.8. The summed E-state index contributed by atoms with van der Waals surface area (Å²) >= 11 is 0. The minimum absolute atomic E-state index is 0.148. The van der Waals surface area contributed by atoms with E-state index in [2.05, 4.69) is 5.32 Å². The van der Waals surface area contributed by atoms with Crippen molar-refractivity contribution < 1.29 is 17.5 Å². The van der Waals surface area contributed by atoms with Crippen LogP contribution >= 0.6 is 0 Å². The van der Waals surface area contributed by atoms with Crippen LogP contribution in [0.4, 0.5) is 4.39 Å².